The maximum absolute atomic E-state index is 11.4. The van der Waals surface area contributed by atoms with E-state index in [9.17, 15) is 4.79 Å². The van der Waals surface area contributed by atoms with Gasteiger partial charge in [0.2, 0.25) is 0 Å². The van der Waals surface area contributed by atoms with Gasteiger partial charge in [0.05, 0.1) is 23.9 Å². The van der Waals surface area contributed by atoms with Crippen LogP contribution in [0.4, 0.5) is 5.82 Å². The molecule has 2 aliphatic rings. The number of carbonyl (C=O) groups is 1. The number of anilines is 1. The molecule has 9 nitrogen and oxygen atoms in total. The fraction of sp³-hybridized carbons (Fsp3) is 0.243. The number of imidazole rings is 1. The van der Waals surface area contributed by atoms with Crippen molar-refractivity contribution in [2.45, 2.75) is 38.3 Å². The second kappa shape index (κ2) is 13.0. The van der Waals surface area contributed by atoms with Crippen molar-refractivity contribution in [2.24, 2.45) is 0 Å². The van der Waals surface area contributed by atoms with Crippen molar-refractivity contribution < 1.29 is 14.3 Å². The lowest BCUT2D eigenvalue weighted by atomic mass is 10.0. The van der Waals surface area contributed by atoms with Gasteiger partial charge < -0.3 is 15.2 Å². The number of methoxy groups -OCH3 is 1. The Morgan fingerprint density at radius 2 is 1.85 bits per heavy atom. The van der Waals surface area contributed by atoms with Gasteiger partial charge in [-0.05, 0) is 91.4 Å². The number of pyridine rings is 2. The highest BCUT2D eigenvalue weighted by atomic mass is 16.5. The molecule has 2 aromatic carbocycles. The number of ether oxygens (including phenoxy) is 2. The number of rotatable bonds is 9. The Labute approximate surface area is 268 Å². The number of hydrogen-bond donors (Lipinski definition) is 1. The summed E-state index contributed by atoms with van der Waals surface area (Å²) in [6.07, 6.45) is 13.1. The van der Waals surface area contributed by atoms with Gasteiger partial charge in [-0.1, -0.05) is 30.4 Å². The number of nitrogens with two attached hydrogens (primary N) is 1. The number of benzene rings is 2. The maximum atomic E-state index is 11.4. The van der Waals surface area contributed by atoms with Crippen LogP contribution in [0.25, 0.3) is 33.8 Å². The topological polar surface area (TPSA) is 108 Å². The molecule has 1 aliphatic heterocycles. The summed E-state index contributed by atoms with van der Waals surface area (Å²) >= 11 is 0. The van der Waals surface area contributed by atoms with Gasteiger partial charge in [-0.15, -0.1) is 0 Å². The van der Waals surface area contributed by atoms with Crippen LogP contribution in [-0.2, 0) is 6.54 Å². The number of piperidine rings is 1. The fourth-order valence-electron chi connectivity index (χ4n) is 6.22. The highest BCUT2D eigenvalue weighted by Gasteiger charge is 2.22. The summed E-state index contributed by atoms with van der Waals surface area (Å²) in [5.74, 6) is 2.39. The van der Waals surface area contributed by atoms with Crippen molar-refractivity contribution in [1.29, 1.82) is 0 Å². The highest BCUT2D eigenvalue weighted by molar-refractivity contribution is 5.85. The number of aromatic nitrogens is 4. The number of fused-ring (bicyclic) bond motifs is 1. The van der Waals surface area contributed by atoms with E-state index in [4.69, 9.17) is 25.2 Å². The monoisotopic (exact) mass is 612 g/mol. The summed E-state index contributed by atoms with van der Waals surface area (Å²) in [5, 5.41) is 0. The van der Waals surface area contributed by atoms with E-state index in [0.29, 0.717) is 28.7 Å². The first-order chi connectivity index (χ1) is 22.6. The first kappa shape index (κ1) is 29.4. The first-order valence-electron chi connectivity index (χ1n) is 15.7. The Hall–Kier alpha value is -5.28. The van der Waals surface area contributed by atoms with Gasteiger partial charge in [-0.25, -0.2) is 15.0 Å². The molecule has 1 aliphatic carbocycles. The molecule has 0 saturated carbocycles. The van der Waals surface area contributed by atoms with Crippen molar-refractivity contribution >= 4 is 28.8 Å². The minimum absolute atomic E-state index is 0.108. The van der Waals surface area contributed by atoms with Crippen molar-refractivity contribution in [3.8, 4) is 28.6 Å². The van der Waals surface area contributed by atoms with Gasteiger partial charge in [0, 0.05) is 31.5 Å². The highest BCUT2D eigenvalue weighted by Crippen LogP contribution is 2.32. The Morgan fingerprint density at radius 3 is 2.59 bits per heavy atom. The number of allylic oxidation sites excluding steroid dienone is 4. The van der Waals surface area contributed by atoms with Crippen LogP contribution in [0.3, 0.4) is 0 Å². The second-order valence-corrected chi connectivity index (χ2v) is 11.7. The van der Waals surface area contributed by atoms with E-state index in [0.717, 1.165) is 85.3 Å². The smallest absolute Gasteiger partial charge is 0.165 e. The van der Waals surface area contributed by atoms with Crippen LogP contribution in [0.1, 0.15) is 47.3 Å². The lowest BCUT2D eigenvalue weighted by molar-refractivity contribution is 0.0964. The lowest BCUT2D eigenvalue weighted by Crippen LogP contribution is -2.37. The zero-order valence-electron chi connectivity index (χ0n) is 25.8. The van der Waals surface area contributed by atoms with E-state index in [1.54, 1.807) is 25.4 Å². The molecule has 0 radical (unpaired) electrons. The molecule has 0 unspecified atom stereocenters. The van der Waals surface area contributed by atoms with Crippen LogP contribution >= 0.6 is 0 Å². The molecule has 0 atom stereocenters. The van der Waals surface area contributed by atoms with E-state index < -0.39 is 0 Å². The van der Waals surface area contributed by atoms with Gasteiger partial charge in [0.15, 0.2) is 17.8 Å². The zero-order chi connectivity index (χ0) is 31.5. The summed E-state index contributed by atoms with van der Waals surface area (Å²) in [7, 11) is 1.56. The van der Waals surface area contributed by atoms with Gasteiger partial charge in [0.1, 0.15) is 28.9 Å². The number of nitrogens with zero attached hydrogens (tertiary/aromatic N) is 5. The predicted molar refractivity (Wildman–Crippen MR) is 180 cm³/mol. The summed E-state index contributed by atoms with van der Waals surface area (Å²) in [6.45, 7) is 2.70. The predicted octanol–water partition coefficient (Wildman–Crippen LogP) is 6.66. The molecule has 1 saturated heterocycles. The Morgan fingerprint density at radius 1 is 1.00 bits per heavy atom. The van der Waals surface area contributed by atoms with Crippen molar-refractivity contribution in [1.82, 2.24) is 24.4 Å². The van der Waals surface area contributed by atoms with Crippen LogP contribution in [0.2, 0.25) is 0 Å². The van der Waals surface area contributed by atoms with Crippen LogP contribution in [0, 0.1) is 0 Å². The standard InChI is InChI=1S/C37H36N6O3/c1-45-34-16-13-30(22-27(34)24-44)46-29-17-20-42(21-18-29)23-25-9-11-28(12-10-25)43-36(31-8-5-19-39-35(31)38)41-33-15-14-32(40-37(33)43)26-6-3-2-4-7-26/h3,5-16,19,22,24,29H,2,4,17-18,20-21,23H2,1H3,(H2,38,39). The molecular formula is C37H36N6O3. The molecular weight excluding hydrogens is 576 g/mol. The maximum Gasteiger partial charge on any atom is 0.165 e. The Bertz CT molecular complexity index is 1940. The Balaban J connectivity index is 1.10. The van der Waals surface area contributed by atoms with Crippen LogP contribution < -0.4 is 15.2 Å². The molecule has 1 fully saturated rings. The molecule has 232 valence electrons. The van der Waals surface area contributed by atoms with Crippen LogP contribution in [0.5, 0.6) is 11.5 Å². The summed E-state index contributed by atoms with van der Waals surface area (Å²) < 4.78 is 13.5. The van der Waals surface area contributed by atoms with E-state index in [1.807, 2.05) is 30.3 Å². The summed E-state index contributed by atoms with van der Waals surface area (Å²) in [5.41, 5.74) is 13.4. The van der Waals surface area contributed by atoms with E-state index in [2.05, 4.69) is 56.9 Å². The minimum Gasteiger partial charge on any atom is -0.496 e. The summed E-state index contributed by atoms with van der Waals surface area (Å²) in [6, 6.07) is 21.9. The van der Waals surface area contributed by atoms with Crippen molar-refractivity contribution in [2.75, 3.05) is 25.9 Å². The normalized spacial score (nSPS) is 15.5. The number of hydrogen-bond acceptors (Lipinski definition) is 8. The third-order valence-electron chi connectivity index (χ3n) is 8.64. The van der Waals surface area contributed by atoms with Gasteiger partial charge in [0.25, 0.3) is 0 Å². The zero-order valence-corrected chi connectivity index (χ0v) is 25.8. The molecule has 9 heteroatoms. The lowest BCUT2D eigenvalue weighted by Gasteiger charge is -2.32. The number of carbonyl (C=O) groups excluding carboxylic acids is 1. The molecule has 0 spiro atoms. The number of nitrogen functional groups attached to an aromatic ring is 1. The second-order valence-electron chi connectivity index (χ2n) is 11.7. The molecule has 0 bridgehead atoms. The molecule has 2 N–H and O–H groups in total. The van der Waals surface area contributed by atoms with Crippen molar-refractivity contribution in [3.63, 3.8) is 0 Å². The van der Waals surface area contributed by atoms with Crippen molar-refractivity contribution in [3.05, 3.63) is 108 Å². The largest absolute Gasteiger partial charge is 0.496 e. The average Bonchev–Trinajstić information content (AvgIpc) is 3.48. The first-order valence-corrected chi connectivity index (χ1v) is 15.7. The number of aldehydes is 1. The molecule has 7 rings (SSSR count). The third-order valence-corrected chi connectivity index (χ3v) is 8.64. The van der Waals surface area contributed by atoms with Gasteiger partial charge in [-0.3, -0.25) is 14.3 Å². The van der Waals surface area contributed by atoms with E-state index in [1.165, 1.54) is 5.56 Å². The third kappa shape index (κ3) is 6.01. The molecule has 46 heavy (non-hydrogen) atoms. The quantitative estimate of drug-likeness (QED) is 0.184. The minimum atomic E-state index is 0.108. The Kier molecular flexibility index (Phi) is 8.31. The SMILES string of the molecule is COc1ccc(OC2CCN(Cc3ccc(-n4c(-c5cccnc5N)nc5ccc(C6=CCCC=C6)nc54)cc3)CC2)cc1C=O. The van der Waals surface area contributed by atoms with Gasteiger partial charge in [-0.2, -0.15) is 0 Å². The number of likely N-dealkylation sites (tertiary alicyclic amines) is 1. The molecule has 4 heterocycles. The van der Waals surface area contributed by atoms with E-state index >= 15 is 0 Å². The van der Waals surface area contributed by atoms with Crippen LogP contribution in [0.15, 0.2) is 91.2 Å². The molecule has 3 aromatic heterocycles. The van der Waals surface area contributed by atoms with Gasteiger partial charge >= 0.3 is 0 Å². The van der Waals surface area contributed by atoms with E-state index in [-0.39, 0.29) is 6.10 Å². The fourth-order valence-corrected chi connectivity index (χ4v) is 6.22. The summed E-state index contributed by atoms with van der Waals surface area (Å²) in [4.78, 5) is 28.3. The molecule has 5 aromatic rings. The average molecular weight is 613 g/mol. The molecule has 0 amide bonds. The van der Waals surface area contributed by atoms with Crippen LogP contribution in [-0.4, -0.2) is 57.0 Å².